The lowest BCUT2D eigenvalue weighted by Crippen LogP contribution is -2.11. The van der Waals surface area contributed by atoms with Gasteiger partial charge in [-0.2, -0.15) is 0 Å². The van der Waals surface area contributed by atoms with E-state index in [1.54, 1.807) is 6.92 Å². The highest BCUT2D eigenvalue weighted by atomic mass is 79.9. The number of aliphatic carboxylic acids is 1. The number of halogens is 1. The van der Waals surface area contributed by atoms with Crippen molar-refractivity contribution in [2.75, 3.05) is 11.9 Å². The van der Waals surface area contributed by atoms with E-state index in [2.05, 4.69) is 21.2 Å². The maximum absolute atomic E-state index is 11.6. The Bertz CT molecular complexity index is 1060. The molecule has 0 spiro atoms. The fraction of sp³-hybridized carbons (Fsp3) is 0.143. The third-order valence-corrected chi connectivity index (χ3v) is 5.94. The zero-order chi connectivity index (χ0) is 21.0. The van der Waals surface area contributed by atoms with Crippen LogP contribution in [0.25, 0.3) is 10.4 Å². The van der Waals surface area contributed by atoms with Crippen LogP contribution >= 0.6 is 27.3 Å². The Morgan fingerprint density at radius 2 is 1.90 bits per heavy atom. The van der Waals surface area contributed by atoms with Gasteiger partial charge in [0.1, 0.15) is 5.75 Å². The molecule has 8 heteroatoms. The summed E-state index contributed by atoms with van der Waals surface area (Å²) in [6.45, 7) is 1.78. The van der Waals surface area contributed by atoms with E-state index in [1.165, 1.54) is 0 Å². The van der Waals surface area contributed by atoms with Gasteiger partial charge in [-0.1, -0.05) is 40.2 Å². The predicted molar refractivity (Wildman–Crippen MR) is 116 cm³/mol. The van der Waals surface area contributed by atoms with E-state index < -0.39 is 18.5 Å². The maximum Gasteiger partial charge on any atom is 0.349 e. The largest absolute Gasteiger partial charge is 0.480 e. The first-order valence-corrected chi connectivity index (χ1v) is 10.3. The third-order valence-electron chi connectivity index (χ3n) is 4.14. The summed E-state index contributed by atoms with van der Waals surface area (Å²) in [7, 11) is 0. The molecular formula is C21H18BrNO5S. The Kier molecular flexibility index (Phi) is 6.56. The number of thiophene rings is 1. The van der Waals surface area contributed by atoms with Gasteiger partial charge < -0.3 is 20.3 Å². The molecule has 1 heterocycles. The van der Waals surface area contributed by atoms with Crippen molar-refractivity contribution in [3.63, 3.8) is 0 Å². The first kappa shape index (κ1) is 20.9. The minimum atomic E-state index is -1.16. The molecule has 2 aromatic carbocycles. The highest BCUT2D eigenvalue weighted by Gasteiger charge is 2.23. The van der Waals surface area contributed by atoms with E-state index in [9.17, 15) is 14.7 Å². The number of rotatable bonds is 8. The maximum atomic E-state index is 11.6. The smallest absolute Gasteiger partial charge is 0.349 e. The van der Waals surface area contributed by atoms with Crippen LogP contribution in [0.4, 0.5) is 5.69 Å². The summed E-state index contributed by atoms with van der Waals surface area (Å²) in [5, 5.41) is 21.7. The summed E-state index contributed by atoms with van der Waals surface area (Å²) in [6.07, 6.45) is 0. The summed E-state index contributed by atoms with van der Waals surface area (Å²) in [6, 6.07) is 15.6. The van der Waals surface area contributed by atoms with Crippen LogP contribution in [-0.4, -0.2) is 28.8 Å². The van der Waals surface area contributed by atoms with Gasteiger partial charge in [-0.3, -0.25) is 0 Å². The molecule has 0 aliphatic carbocycles. The van der Waals surface area contributed by atoms with Gasteiger partial charge in [0.05, 0.1) is 0 Å². The van der Waals surface area contributed by atoms with E-state index in [4.69, 9.17) is 9.84 Å². The normalized spacial score (nSPS) is 10.6. The standard InChI is InChI=1S/C21H18BrNO5S/c1-12-18(28-11-17(24)25)20(21(26)27)29-19(12)14-5-3-7-16(9-14)23-10-13-4-2-6-15(22)8-13/h2-9,23H,10-11H2,1H3,(H,24,25)(H,26,27). The predicted octanol–water partition coefficient (Wildman–Crippen LogP) is 5.26. The Morgan fingerprint density at radius 3 is 2.59 bits per heavy atom. The monoisotopic (exact) mass is 475 g/mol. The van der Waals surface area contributed by atoms with Crippen LogP contribution in [0.3, 0.4) is 0 Å². The molecule has 0 amide bonds. The number of benzene rings is 2. The SMILES string of the molecule is Cc1c(-c2cccc(NCc3cccc(Br)c3)c2)sc(C(=O)O)c1OCC(=O)O. The van der Waals surface area contributed by atoms with Crippen molar-refractivity contribution in [1.82, 2.24) is 0 Å². The average molecular weight is 476 g/mol. The molecular weight excluding hydrogens is 458 g/mol. The molecule has 0 saturated carbocycles. The van der Waals surface area contributed by atoms with Crippen molar-refractivity contribution in [1.29, 1.82) is 0 Å². The molecule has 0 saturated heterocycles. The third kappa shape index (κ3) is 5.16. The number of hydrogen-bond donors (Lipinski definition) is 3. The number of carbonyl (C=O) groups is 2. The van der Waals surface area contributed by atoms with Crippen LogP contribution < -0.4 is 10.1 Å². The number of nitrogens with one attached hydrogen (secondary N) is 1. The molecule has 150 valence electrons. The fourth-order valence-electron chi connectivity index (χ4n) is 2.84. The summed E-state index contributed by atoms with van der Waals surface area (Å²) < 4.78 is 6.26. The van der Waals surface area contributed by atoms with Gasteiger partial charge in [0, 0.05) is 27.1 Å². The van der Waals surface area contributed by atoms with Gasteiger partial charge in [0.25, 0.3) is 0 Å². The highest BCUT2D eigenvalue weighted by molar-refractivity contribution is 9.10. The van der Waals surface area contributed by atoms with Crippen LogP contribution in [-0.2, 0) is 11.3 Å². The van der Waals surface area contributed by atoms with E-state index in [1.807, 2.05) is 48.5 Å². The zero-order valence-electron chi connectivity index (χ0n) is 15.4. The summed E-state index contributed by atoms with van der Waals surface area (Å²) >= 11 is 4.53. The Labute approximate surface area is 179 Å². The molecule has 0 aliphatic heterocycles. The average Bonchev–Trinajstić information content (AvgIpc) is 3.02. The van der Waals surface area contributed by atoms with Crippen LogP contribution in [0, 0.1) is 6.92 Å². The summed E-state index contributed by atoms with van der Waals surface area (Å²) in [5.74, 6) is -2.20. The molecule has 6 nitrogen and oxygen atoms in total. The van der Waals surface area contributed by atoms with E-state index >= 15 is 0 Å². The second-order valence-corrected chi connectivity index (χ2v) is 8.20. The van der Waals surface area contributed by atoms with Crippen molar-refractivity contribution < 1.29 is 24.5 Å². The molecule has 0 unspecified atom stereocenters. The van der Waals surface area contributed by atoms with Crippen molar-refractivity contribution in [3.8, 4) is 16.2 Å². The lowest BCUT2D eigenvalue weighted by molar-refractivity contribution is -0.139. The lowest BCUT2D eigenvalue weighted by atomic mass is 10.1. The Morgan fingerprint density at radius 1 is 1.14 bits per heavy atom. The second-order valence-electron chi connectivity index (χ2n) is 6.27. The molecule has 0 bridgehead atoms. The van der Waals surface area contributed by atoms with Crippen molar-refractivity contribution >= 4 is 44.9 Å². The quantitative estimate of drug-likeness (QED) is 0.411. The minimum absolute atomic E-state index is 0.00810. The van der Waals surface area contributed by atoms with Crippen LogP contribution in [0.5, 0.6) is 5.75 Å². The molecule has 29 heavy (non-hydrogen) atoms. The van der Waals surface area contributed by atoms with Crippen molar-refractivity contribution in [3.05, 3.63) is 69.0 Å². The first-order valence-electron chi connectivity index (χ1n) is 8.65. The fourth-order valence-corrected chi connectivity index (χ4v) is 4.38. The Balaban J connectivity index is 1.86. The van der Waals surface area contributed by atoms with Gasteiger partial charge in [0.15, 0.2) is 11.5 Å². The van der Waals surface area contributed by atoms with Gasteiger partial charge >= 0.3 is 11.9 Å². The second kappa shape index (κ2) is 9.11. The van der Waals surface area contributed by atoms with Crippen LogP contribution in [0.2, 0.25) is 0 Å². The number of aromatic carboxylic acids is 1. The molecule has 3 aromatic rings. The van der Waals surface area contributed by atoms with Crippen molar-refractivity contribution in [2.24, 2.45) is 0 Å². The van der Waals surface area contributed by atoms with Gasteiger partial charge in [-0.05, 0) is 42.3 Å². The number of hydrogen-bond acceptors (Lipinski definition) is 5. The van der Waals surface area contributed by atoms with Gasteiger partial charge in [0.2, 0.25) is 0 Å². The van der Waals surface area contributed by atoms with Gasteiger partial charge in [-0.15, -0.1) is 11.3 Å². The number of carboxylic acids is 2. The molecule has 0 fully saturated rings. The molecule has 0 radical (unpaired) electrons. The van der Waals surface area contributed by atoms with Crippen molar-refractivity contribution in [2.45, 2.75) is 13.5 Å². The van der Waals surface area contributed by atoms with E-state index in [0.29, 0.717) is 12.1 Å². The molecule has 1 aromatic heterocycles. The van der Waals surface area contributed by atoms with E-state index in [-0.39, 0.29) is 10.6 Å². The van der Waals surface area contributed by atoms with Crippen LogP contribution in [0.1, 0.15) is 20.8 Å². The highest BCUT2D eigenvalue weighted by Crippen LogP contribution is 2.42. The minimum Gasteiger partial charge on any atom is -0.480 e. The summed E-state index contributed by atoms with van der Waals surface area (Å²) in [4.78, 5) is 23.1. The molecule has 0 atom stereocenters. The zero-order valence-corrected chi connectivity index (χ0v) is 17.8. The first-order chi connectivity index (χ1) is 13.8. The van der Waals surface area contributed by atoms with Crippen LogP contribution in [0.15, 0.2) is 53.0 Å². The number of anilines is 1. The number of ether oxygens (including phenoxy) is 1. The summed E-state index contributed by atoms with van der Waals surface area (Å²) in [5.41, 5.74) is 3.45. The van der Waals surface area contributed by atoms with E-state index in [0.717, 1.165) is 37.5 Å². The lowest BCUT2D eigenvalue weighted by Gasteiger charge is -2.09. The molecule has 3 N–H and O–H groups in total. The Hall–Kier alpha value is -2.84. The molecule has 3 rings (SSSR count). The molecule has 0 aliphatic rings. The topological polar surface area (TPSA) is 95.9 Å². The number of carboxylic acid groups (broad SMARTS) is 2. The van der Waals surface area contributed by atoms with Gasteiger partial charge in [-0.25, -0.2) is 9.59 Å².